The summed E-state index contributed by atoms with van der Waals surface area (Å²) in [7, 11) is 0. The number of hydrogen-bond donors (Lipinski definition) is 4. The second kappa shape index (κ2) is 12.9. The van der Waals surface area contributed by atoms with Gasteiger partial charge >= 0.3 is 0 Å². The molecule has 0 unspecified atom stereocenters. The number of amides is 1. The number of aliphatic hydroxyl groups excluding tert-OH is 1. The molecule has 0 saturated heterocycles. The second-order valence-electron chi connectivity index (χ2n) is 7.23. The van der Waals surface area contributed by atoms with Gasteiger partial charge in [-0.25, -0.2) is 13.2 Å². The molecule has 1 amide bonds. The number of H-pyrrole nitrogens is 1. The predicted octanol–water partition coefficient (Wildman–Crippen LogP) is 4.72. The molecule has 0 radical (unpaired) electrons. The van der Waals surface area contributed by atoms with E-state index in [2.05, 4.69) is 15.6 Å². The molecule has 3 aromatic rings. The zero-order valence-corrected chi connectivity index (χ0v) is 18.4. The quantitative estimate of drug-likeness (QED) is 0.411. The summed E-state index contributed by atoms with van der Waals surface area (Å²) >= 11 is 0. The fourth-order valence-corrected chi connectivity index (χ4v) is 3.19. The van der Waals surface area contributed by atoms with Crippen molar-refractivity contribution in [2.24, 2.45) is 5.92 Å². The van der Waals surface area contributed by atoms with Gasteiger partial charge in [-0.3, -0.25) is 4.79 Å². The summed E-state index contributed by atoms with van der Waals surface area (Å²) in [6, 6.07) is 9.50. The summed E-state index contributed by atoms with van der Waals surface area (Å²) in [5.74, 6) is -0.973. The van der Waals surface area contributed by atoms with Gasteiger partial charge < -0.3 is 20.7 Å². The van der Waals surface area contributed by atoms with Gasteiger partial charge in [0.1, 0.15) is 24.2 Å². The molecule has 2 aromatic carbocycles. The van der Waals surface area contributed by atoms with Gasteiger partial charge in [-0.05, 0) is 67.3 Å². The topological polar surface area (TPSA) is 77.2 Å². The van der Waals surface area contributed by atoms with E-state index in [4.69, 9.17) is 5.11 Å². The molecule has 0 spiro atoms. The molecule has 0 aliphatic heterocycles. The number of benzene rings is 2. The molecule has 1 aromatic heterocycles. The lowest BCUT2D eigenvalue weighted by Crippen LogP contribution is -2.37. The van der Waals surface area contributed by atoms with E-state index in [1.807, 2.05) is 13.8 Å². The lowest BCUT2D eigenvalue weighted by molar-refractivity contribution is -0.121. The predicted molar refractivity (Wildman–Crippen MR) is 120 cm³/mol. The Kier molecular flexibility index (Phi) is 10.2. The summed E-state index contributed by atoms with van der Waals surface area (Å²) in [4.78, 5) is 13.7. The average Bonchev–Trinajstić information content (AvgIpc) is 3.17. The lowest BCUT2D eigenvalue weighted by atomic mass is 9.85. The first kappa shape index (κ1) is 25.4. The highest BCUT2D eigenvalue weighted by Gasteiger charge is 2.16. The largest absolute Gasteiger partial charge is 0.377 e. The summed E-state index contributed by atoms with van der Waals surface area (Å²) in [6.45, 7) is 4.97. The van der Waals surface area contributed by atoms with E-state index < -0.39 is 11.6 Å². The van der Waals surface area contributed by atoms with Crippen molar-refractivity contribution in [1.82, 2.24) is 15.6 Å². The first-order chi connectivity index (χ1) is 15.5. The molecule has 1 aliphatic carbocycles. The third-order valence-corrected chi connectivity index (χ3v) is 5.02. The summed E-state index contributed by atoms with van der Waals surface area (Å²) in [6.07, 6.45) is 3.90. The second-order valence-corrected chi connectivity index (χ2v) is 7.23. The van der Waals surface area contributed by atoms with Gasteiger partial charge in [0.2, 0.25) is 5.91 Å². The number of aliphatic hydroxyl groups is 1. The van der Waals surface area contributed by atoms with Crippen LogP contribution in [-0.4, -0.2) is 35.8 Å². The summed E-state index contributed by atoms with van der Waals surface area (Å²) in [5, 5.41) is 14.2. The SMILES string of the molecule is CC.Fc1ccc(-c2cc3cc(F)cc(F)c3[nH]2)cc1.O=C(CNCC1CCC1)NCO. The number of nitrogens with one attached hydrogen (secondary N) is 3. The van der Waals surface area contributed by atoms with Gasteiger partial charge in [0, 0.05) is 17.1 Å². The minimum absolute atomic E-state index is 0.142. The molecular weight excluding hydrogens is 419 g/mol. The molecule has 5 nitrogen and oxygen atoms in total. The van der Waals surface area contributed by atoms with Crippen LogP contribution in [0.15, 0.2) is 42.5 Å². The fourth-order valence-electron chi connectivity index (χ4n) is 3.19. The number of halogens is 3. The van der Waals surface area contributed by atoms with Crippen molar-refractivity contribution in [3.63, 3.8) is 0 Å². The van der Waals surface area contributed by atoms with E-state index in [0.717, 1.165) is 18.5 Å². The average molecular weight is 450 g/mol. The van der Waals surface area contributed by atoms with Crippen LogP contribution in [0.25, 0.3) is 22.2 Å². The smallest absolute Gasteiger partial charge is 0.235 e. The fraction of sp³-hybridized carbons (Fsp3) is 0.375. The van der Waals surface area contributed by atoms with Crippen LogP contribution in [0.3, 0.4) is 0 Å². The summed E-state index contributed by atoms with van der Waals surface area (Å²) in [5.41, 5.74) is 1.58. The van der Waals surface area contributed by atoms with Crippen LogP contribution in [0.2, 0.25) is 0 Å². The van der Waals surface area contributed by atoms with Crippen LogP contribution in [0.5, 0.6) is 0 Å². The molecule has 1 fully saturated rings. The molecule has 4 rings (SSSR count). The van der Waals surface area contributed by atoms with Crippen molar-refractivity contribution in [3.05, 3.63) is 59.9 Å². The van der Waals surface area contributed by atoms with Crippen molar-refractivity contribution in [2.75, 3.05) is 19.8 Å². The van der Waals surface area contributed by atoms with E-state index in [-0.39, 0.29) is 24.0 Å². The minimum Gasteiger partial charge on any atom is -0.377 e. The molecule has 1 heterocycles. The molecule has 174 valence electrons. The standard InChI is InChI=1S/C14H8F3N.C8H16N2O2.C2H6/c15-10-3-1-8(2-4-10)13-6-9-5-11(16)7-12(17)14(9)18-13;11-6-10-8(12)5-9-4-7-2-1-3-7;1-2/h1-7,18H;7,9,11H,1-6H2,(H,10,12);1-2H3. The first-order valence-corrected chi connectivity index (χ1v) is 10.8. The van der Waals surface area contributed by atoms with Crippen LogP contribution in [0, 0.1) is 23.4 Å². The third kappa shape index (κ3) is 7.39. The molecule has 0 atom stereocenters. The number of rotatable bonds is 6. The van der Waals surface area contributed by atoms with Crippen molar-refractivity contribution in [3.8, 4) is 11.3 Å². The monoisotopic (exact) mass is 449 g/mol. The maximum absolute atomic E-state index is 13.5. The molecule has 8 heteroatoms. The van der Waals surface area contributed by atoms with Crippen LogP contribution >= 0.6 is 0 Å². The lowest BCUT2D eigenvalue weighted by Gasteiger charge is -2.25. The van der Waals surface area contributed by atoms with Gasteiger partial charge in [-0.15, -0.1) is 0 Å². The highest BCUT2D eigenvalue weighted by atomic mass is 19.1. The van der Waals surface area contributed by atoms with Gasteiger partial charge in [0.25, 0.3) is 0 Å². The van der Waals surface area contributed by atoms with Gasteiger partial charge in [0.15, 0.2) is 0 Å². The zero-order chi connectivity index (χ0) is 23.5. The Morgan fingerprint density at radius 1 is 1.06 bits per heavy atom. The highest BCUT2D eigenvalue weighted by Crippen LogP contribution is 2.27. The Hall–Kier alpha value is -2.84. The molecule has 0 bridgehead atoms. The minimum atomic E-state index is -0.640. The van der Waals surface area contributed by atoms with Gasteiger partial charge in [0.05, 0.1) is 12.1 Å². The highest BCUT2D eigenvalue weighted by molar-refractivity contribution is 5.86. The Morgan fingerprint density at radius 3 is 2.34 bits per heavy atom. The number of carbonyl (C=O) groups excluding carboxylic acids is 1. The van der Waals surface area contributed by atoms with Crippen molar-refractivity contribution < 1.29 is 23.1 Å². The van der Waals surface area contributed by atoms with Crippen molar-refractivity contribution in [1.29, 1.82) is 0 Å². The Balaban J connectivity index is 0.000000227. The van der Waals surface area contributed by atoms with E-state index in [1.165, 1.54) is 37.5 Å². The van der Waals surface area contributed by atoms with E-state index in [9.17, 15) is 18.0 Å². The number of aromatic nitrogens is 1. The summed E-state index contributed by atoms with van der Waals surface area (Å²) < 4.78 is 39.4. The number of carbonyl (C=O) groups is 1. The Labute approximate surface area is 186 Å². The Bertz CT molecular complexity index is 986. The Morgan fingerprint density at radius 2 is 1.75 bits per heavy atom. The maximum Gasteiger partial charge on any atom is 0.235 e. The number of fused-ring (bicyclic) bond motifs is 1. The van der Waals surface area contributed by atoms with E-state index in [1.54, 1.807) is 18.2 Å². The molecule has 1 saturated carbocycles. The number of hydrogen-bond acceptors (Lipinski definition) is 3. The van der Waals surface area contributed by atoms with Crippen LogP contribution in [-0.2, 0) is 4.79 Å². The van der Waals surface area contributed by atoms with Crippen molar-refractivity contribution >= 4 is 16.8 Å². The molecule has 32 heavy (non-hydrogen) atoms. The van der Waals surface area contributed by atoms with E-state index in [0.29, 0.717) is 23.2 Å². The van der Waals surface area contributed by atoms with E-state index >= 15 is 0 Å². The maximum atomic E-state index is 13.5. The van der Waals surface area contributed by atoms with Crippen molar-refractivity contribution in [2.45, 2.75) is 33.1 Å². The van der Waals surface area contributed by atoms with Crippen LogP contribution < -0.4 is 10.6 Å². The third-order valence-electron chi connectivity index (χ3n) is 5.02. The van der Waals surface area contributed by atoms with Crippen LogP contribution in [0.4, 0.5) is 13.2 Å². The molecule has 1 aliphatic rings. The van der Waals surface area contributed by atoms with Crippen LogP contribution in [0.1, 0.15) is 33.1 Å². The first-order valence-electron chi connectivity index (χ1n) is 10.8. The zero-order valence-electron chi connectivity index (χ0n) is 18.4. The van der Waals surface area contributed by atoms with Gasteiger partial charge in [-0.2, -0.15) is 0 Å². The molecular formula is C24H30F3N3O2. The number of aromatic amines is 1. The molecule has 4 N–H and O–H groups in total. The van der Waals surface area contributed by atoms with Gasteiger partial charge in [-0.1, -0.05) is 20.3 Å². The normalized spacial score (nSPS) is 12.8.